The van der Waals surface area contributed by atoms with Crippen LogP contribution < -0.4 is 0 Å². The number of hydrogen-bond acceptors (Lipinski definition) is 5. The summed E-state index contributed by atoms with van der Waals surface area (Å²) >= 11 is 0. The van der Waals surface area contributed by atoms with Crippen molar-refractivity contribution in [3.63, 3.8) is 0 Å². The van der Waals surface area contributed by atoms with Crippen LogP contribution in [-0.4, -0.2) is 20.7 Å². The van der Waals surface area contributed by atoms with Crippen LogP contribution in [0.25, 0.3) is 33.5 Å². The molecule has 2 aliphatic rings. The predicted octanol–water partition coefficient (Wildman–Crippen LogP) is 6.43. The van der Waals surface area contributed by atoms with Crippen LogP contribution in [0.5, 0.6) is 0 Å². The van der Waals surface area contributed by atoms with Gasteiger partial charge in [0.15, 0.2) is 11.6 Å². The highest BCUT2D eigenvalue weighted by Crippen LogP contribution is 2.51. The Morgan fingerprint density at radius 2 is 1.84 bits per heavy atom. The van der Waals surface area contributed by atoms with E-state index < -0.39 is 17.0 Å². The maximum Gasteiger partial charge on any atom is 0.176 e. The van der Waals surface area contributed by atoms with E-state index in [1.165, 1.54) is 18.2 Å². The summed E-state index contributed by atoms with van der Waals surface area (Å²) in [5.41, 5.74) is 3.55. The van der Waals surface area contributed by atoms with E-state index in [1.54, 1.807) is 36.4 Å². The third kappa shape index (κ3) is 3.55. The molecule has 3 atom stereocenters. The largest absolute Gasteiger partial charge is 0.293 e. The molecule has 0 amide bonds. The lowest BCUT2D eigenvalue weighted by Crippen LogP contribution is -2.46. The highest BCUT2D eigenvalue weighted by Gasteiger charge is 2.49. The van der Waals surface area contributed by atoms with Gasteiger partial charge in [-0.25, -0.2) is 18.7 Å². The van der Waals surface area contributed by atoms with E-state index in [0.29, 0.717) is 57.8 Å². The molecule has 0 N–H and O–H groups in total. The highest BCUT2D eigenvalue weighted by atomic mass is 19.1. The molecule has 0 spiro atoms. The van der Waals surface area contributed by atoms with E-state index in [4.69, 9.17) is 9.97 Å². The number of nitriles is 1. The molecule has 2 aliphatic carbocycles. The van der Waals surface area contributed by atoms with Gasteiger partial charge in [-0.05, 0) is 62.1 Å². The predicted molar refractivity (Wildman–Crippen MR) is 140 cm³/mol. The fourth-order valence-corrected chi connectivity index (χ4v) is 6.28. The topological polar surface area (TPSA) is 79.5 Å². The highest BCUT2D eigenvalue weighted by molar-refractivity contribution is 6.02. The monoisotopic (exact) mass is 506 g/mol. The molecule has 0 aliphatic heterocycles. The second-order valence-electron chi connectivity index (χ2n) is 10.4. The molecule has 2 heterocycles. The Labute approximate surface area is 218 Å². The van der Waals surface area contributed by atoms with Gasteiger partial charge in [0, 0.05) is 39.1 Å². The van der Waals surface area contributed by atoms with Gasteiger partial charge < -0.3 is 0 Å². The van der Waals surface area contributed by atoms with Crippen molar-refractivity contribution in [1.29, 1.82) is 5.26 Å². The molecule has 4 aromatic rings. The minimum absolute atomic E-state index is 0.0795. The fraction of sp³-hybridized carbons (Fsp3) is 0.258. The summed E-state index contributed by atoms with van der Waals surface area (Å²) in [5, 5.41) is 10.3. The third-order valence-corrected chi connectivity index (χ3v) is 8.11. The standard InChI is InChI=1S/C31H24F2N4O/c1-16-12-23(22-13-19(32)8-11-26(22)35-16)30-36-27(20-6-4-5-7-25(20)33)21-9-10-24-17(2)28(38)18(15-34)14-31(24,3)29(21)37-30/h4-8,11-14,17,24H,9-10H2,1-3H3/t17-,24-,31-/m1/s1. The molecular weight excluding hydrogens is 482 g/mol. The summed E-state index contributed by atoms with van der Waals surface area (Å²) in [6.07, 6.45) is 2.98. The Morgan fingerprint density at radius 3 is 2.61 bits per heavy atom. The van der Waals surface area contributed by atoms with Crippen molar-refractivity contribution in [2.75, 3.05) is 0 Å². The molecule has 7 heteroatoms. The van der Waals surface area contributed by atoms with Gasteiger partial charge in [0.25, 0.3) is 0 Å². The Morgan fingerprint density at radius 1 is 1.05 bits per heavy atom. The minimum atomic E-state index is -0.743. The number of hydrogen-bond donors (Lipinski definition) is 0. The van der Waals surface area contributed by atoms with Gasteiger partial charge in [-0.1, -0.05) is 32.1 Å². The summed E-state index contributed by atoms with van der Waals surface area (Å²) in [6, 6.07) is 14.7. The first-order chi connectivity index (χ1) is 18.2. The summed E-state index contributed by atoms with van der Waals surface area (Å²) in [4.78, 5) is 27.4. The van der Waals surface area contributed by atoms with Crippen molar-refractivity contribution in [3.05, 3.63) is 88.8 Å². The Hall–Kier alpha value is -4.31. The van der Waals surface area contributed by atoms with E-state index in [1.807, 2.05) is 20.8 Å². The van der Waals surface area contributed by atoms with Gasteiger partial charge in [0.1, 0.15) is 17.7 Å². The van der Waals surface area contributed by atoms with E-state index >= 15 is 4.39 Å². The molecule has 0 bridgehead atoms. The Balaban J connectivity index is 1.72. The average molecular weight is 507 g/mol. The first-order valence-electron chi connectivity index (χ1n) is 12.6. The lowest BCUT2D eigenvalue weighted by atomic mass is 9.57. The van der Waals surface area contributed by atoms with Crippen LogP contribution in [-0.2, 0) is 16.6 Å². The van der Waals surface area contributed by atoms with E-state index in [-0.39, 0.29) is 23.2 Å². The second-order valence-corrected chi connectivity index (χ2v) is 10.4. The Kier molecular flexibility index (Phi) is 5.46. The van der Waals surface area contributed by atoms with Crippen LogP contribution in [0.15, 0.2) is 60.2 Å². The van der Waals surface area contributed by atoms with Crippen LogP contribution in [0, 0.1) is 41.7 Å². The van der Waals surface area contributed by atoms with Crippen LogP contribution in [0.3, 0.4) is 0 Å². The molecule has 0 fully saturated rings. The molecule has 6 rings (SSSR count). The molecule has 188 valence electrons. The number of benzene rings is 2. The van der Waals surface area contributed by atoms with Crippen molar-refractivity contribution in [1.82, 2.24) is 15.0 Å². The number of ketones is 1. The van der Waals surface area contributed by atoms with E-state index in [2.05, 4.69) is 11.1 Å². The van der Waals surface area contributed by atoms with Crippen molar-refractivity contribution < 1.29 is 13.6 Å². The third-order valence-electron chi connectivity index (χ3n) is 8.11. The van der Waals surface area contributed by atoms with Crippen LogP contribution in [0.1, 0.15) is 37.2 Å². The molecule has 2 aromatic carbocycles. The fourth-order valence-electron chi connectivity index (χ4n) is 6.28. The maximum absolute atomic E-state index is 15.2. The number of aromatic nitrogens is 3. The summed E-state index contributed by atoms with van der Waals surface area (Å²) < 4.78 is 29.5. The normalized spacial score (nSPS) is 22.4. The lowest BCUT2D eigenvalue weighted by molar-refractivity contribution is -0.121. The quantitative estimate of drug-likeness (QED) is 0.313. The molecule has 0 radical (unpaired) electrons. The van der Waals surface area contributed by atoms with Gasteiger partial charge in [-0.15, -0.1) is 0 Å². The minimum Gasteiger partial charge on any atom is -0.293 e. The summed E-state index contributed by atoms with van der Waals surface area (Å²) in [6.45, 7) is 5.70. The average Bonchev–Trinajstić information content (AvgIpc) is 2.90. The van der Waals surface area contributed by atoms with Crippen molar-refractivity contribution in [2.24, 2.45) is 11.8 Å². The van der Waals surface area contributed by atoms with E-state index in [9.17, 15) is 14.4 Å². The van der Waals surface area contributed by atoms with Gasteiger partial charge in [0.2, 0.25) is 0 Å². The molecule has 38 heavy (non-hydrogen) atoms. The molecular formula is C31H24F2N4O. The number of allylic oxidation sites excluding steroid dienone is 2. The molecule has 2 aromatic heterocycles. The number of carbonyl (C=O) groups excluding carboxylic acids is 1. The summed E-state index contributed by atoms with van der Waals surface area (Å²) in [7, 11) is 0. The number of pyridine rings is 1. The SMILES string of the molecule is Cc1cc(-c2nc(-c3ccccc3F)c3c(n2)[C@]2(C)C=C(C#N)C(=O)[C@H](C)[C@H]2CC3)c2cc(F)ccc2n1. The number of fused-ring (bicyclic) bond motifs is 4. The zero-order valence-corrected chi connectivity index (χ0v) is 21.2. The molecule has 0 unspecified atom stereocenters. The first-order valence-corrected chi connectivity index (χ1v) is 12.6. The number of carbonyl (C=O) groups is 1. The number of rotatable bonds is 2. The molecule has 0 saturated heterocycles. The smallest absolute Gasteiger partial charge is 0.176 e. The van der Waals surface area contributed by atoms with Crippen molar-refractivity contribution in [3.8, 4) is 28.7 Å². The number of nitrogens with zero attached hydrogens (tertiary/aromatic N) is 4. The zero-order valence-electron chi connectivity index (χ0n) is 21.2. The van der Waals surface area contributed by atoms with Crippen molar-refractivity contribution >= 4 is 16.7 Å². The molecule has 5 nitrogen and oxygen atoms in total. The van der Waals surface area contributed by atoms with Gasteiger partial charge in [-0.2, -0.15) is 5.26 Å². The summed E-state index contributed by atoms with van der Waals surface area (Å²) in [5.74, 6) is -1.10. The van der Waals surface area contributed by atoms with Crippen LogP contribution >= 0.6 is 0 Å². The lowest BCUT2D eigenvalue weighted by Gasteiger charge is -2.45. The Bertz CT molecular complexity index is 1740. The van der Waals surface area contributed by atoms with Gasteiger partial charge in [0.05, 0.1) is 22.5 Å². The second kappa shape index (κ2) is 8.63. The zero-order chi connectivity index (χ0) is 26.8. The maximum atomic E-state index is 15.2. The van der Waals surface area contributed by atoms with Crippen LogP contribution in [0.2, 0.25) is 0 Å². The number of aryl methyl sites for hydroxylation is 1. The van der Waals surface area contributed by atoms with Gasteiger partial charge >= 0.3 is 0 Å². The first kappa shape index (κ1) is 24.1. The van der Waals surface area contributed by atoms with Gasteiger partial charge in [-0.3, -0.25) is 9.78 Å². The number of Topliss-reactive ketones (excluding diaryl/α,β-unsaturated/α-hetero) is 1. The van der Waals surface area contributed by atoms with Crippen molar-refractivity contribution in [2.45, 2.75) is 39.0 Å². The van der Waals surface area contributed by atoms with E-state index in [0.717, 1.165) is 5.56 Å². The molecule has 0 saturated carbocycles. The number of halogens is 2. The van der Waals surface area contributed by atoms with Crippen LogP contribution in [0.4, 0.5) is 8.78 Å².